The van der Waals surface area contributed by atoms with Gasteiger partial charge in [-0.1, -0.05) is 43.0 Å². The number of hydrogen-bond acceptors (Lipinski definition) is 4. The molecule has 3 nitrogen and oxygen atoms in total. The van der Waals surface area contributed by atoms with E-state index in [1.165, 1.54) is 0 Å². The Morgan fingerprint density at radius 1 is 1.16 bits per heavy atom. The summed E-state index contributed by atoms with van der Waals surface area (Å²) in [6.07, 6.45) is 0.997. The van der Waals surface area contributed by atoms with Gasteiger partial charge in [-0.3, -0.25) is 0 Å². The van der Waals surface area contributed by atoms with Crippen LogP contribution < -0.4 is 4.74 Å². The van der Waals surface area contributed by atoms with Crippen molar-refractivity contribution in [3.8, 4) is 11.5 Å². The van der Waals surface area contributed by atoms with Crippen LogP contribution in [0, 0.1) is 5.92 Å². The minimum atomic E-state index is -0.828. The Bertz CT molecular complexity index is 791. The third-order valence-electron chi connectivity index (χ3n) is 4.90. The van der Waals surface area contributed by atoms with Crippen molar-refractivity contribution in [2.75, 3.05) is 11.5 Å². The zero-order chi connectivity index (χ0) is 17.4. The van der Waals surface area contributed by atoms with Gasteiger partial charge in [0.2, 0.25) is 0 Å². The fraction of sp³-hybridized carbons (Fsp3) is 0.286. The summed E-state index contributed by atoms with van der Waals surface area (Å²) < 4.78 is 12.4. The molecule has 0 amide bonds. The second-order valence-electron chi connectivity index (χ2n) is 6.56. The lowest BCUT2D eigenvalue weighted by molar-refractivity contribution is -0.157. The molecular weight excluding hydrogens is 332 g/mol. The molecule has 1 saturated heterocycles. The Hall–Kier alpha value is -2.20. The lowest BCUT2D eigenvalue weighted by Gasteiger charge is -2.43. The lowest BCUT2D eigenvalue weighted by atomic mass is 9.73. The molecular formula is C21H20O3S. The van der Waals surface area contributed by atoms with Crippen molar-refractivity contribution in [1.29, 1.82) is 0 Å². The van der Waals surface area contributed by atoms with E-state index in [1.54, 1.807) is 6.92 Å². The SMILES string of the molecule is C=C(C)C(=O)OC1(C2CCSC2)c2ccccc2Oc2ccccc21. The average molecular weight is 352 g/mol. The summed E-state index contributed by atoms with van der Waals surface area (Å²) in [5.41, 5.74) is 1.43. The maximum absolute atomic E-state index is 12.6. The molecule has 0 spiro atoms. The standard InChI is InChI=1S/C21H20O3S/c1-14(2)20(22)24-21(15-11-12-25-13-15)16-7-3-5-9-18(16)23-19-10-6-4-8-17(19)21/h3-10,15H,1,11-13H2,2H3. The lowest BCUT2D eigenvalue weighted by Crippen LogP contribution is -2.43. The molecule has 0 aliphatic carbocycles. The summed E-state index contributed by atoms with van der Waals surface area (Å²) in [4.78, 5) is 12.6. The fourth-order valence-electron chi connectivity index (χ4n) is 3.71. The van der Waals surface area contributed by atoms with Gasteiger partial charge >= 0.3 is 5.97 Å². The van der Waals surface area contributed by atoms with Crippen molar-refractivity contribution in [1.82, 2.24) is 0 Å². The second kappa shape index (κ2) is 6.26. The van der Waals surface area contributed by atoms with Crippen molar-refractivity contribution in [2.45, 2.75) is 18.9 Å². The van der Waals surface area contributed by atoms with E-state index >= 15 is 0 Å². The molecule has 0 saturated carbocycles. The molecule has 1 fully saturated rings. The summed E-state index contributed by atoms with van der Waals surface area (Å²) in [6.45, 7) is 5.47. The molecule has 128 valence electrons. The molecule has 2 aliphatic rings. The number of ether oxygens (including phenoxy) is 2. The van der Waals surface area contributed by atoms with Crippen LogP contribution in [0.25, 0.3) is 0 Å². The van der Waals surface area contributed by atoms with E-state index in [0.29, 0.717) is 5.57 Å². The maximum Gasteiger partial charge on any atom is 0.334 e. The van der Waals surface area contributed by atoms with E-state index in [-0.39, 0.29) is 11.9 Å². The quantitative estimate of drug-likeness (QED) is 0.581. The molecule has 2 aromatic rings. The van der Waals surface area contributed by atoms with E-state index in [9.17, 15) is 4.79 Å². The zero-order valence-corrected chi connectivity index (χ0v) is 15.0. The van der Waals surface area contributed by atoms with Gasteiger partial charge in [-0.2, -0.15) is 11.8 Å². The summed E-state index contributed by atoms with van der Waals surface area (Å²) in [5.74, 6) is 3.38. The molecule has 0 bridgehead atoms. The van der Waals surface area contributed by atoms with Gasteiger partial charge in [-0.25, -0.2) is 4.79 Å². The van der Waals surface area contributed by atoms with Crippen molar-refractivity contribution >= 4 is 17.7 Å². The van der Waals surface area contributed by atoms with Crippen LogP contribution in [0.4, 0.5) is 0 Å². The Kier molecular flexibility index (Phi) is 4.08. The van der Waals surface area contributed by atoms with Crippen LogP contribution in [-0.2, 0) is 15.1 Å². The zero-order valence-electron chi connectivity index (χ0n) is 14.2. The summed E-state index contributed by atoms with van der Waals surface area (Å²) >= 11 is 1.90. The van der Waals surface area contributed by atoms with E-state index in [0.717, 1.165) is 40.6 Å². The van der Waals surface area contributed by atoms with E-state index in [2.05, 4.69) is 6.58 Å². The first-order valence-electron chi connectivity index (χ1n) is 8.46. The Morgan fingerprint density at radius 3 is 2.28 bits per heavy atom. The summed E-state index contributed by atoms with van der Waals surface area (Å²) in [5, 5.41) is 0. The highest BCUT2D eigenvalue weighted by atomic mass is 32.2. The summed E-state index contributed by atoms with van der Waals surface area (Å²) in [6, 6.07) is 15.7. The number of fused-ring (bicyclic) bond motifs is 2. The van der Waals surface area contributed by atoms with Crippen molar-refractivity contribution in [3.63, 3.8) is 0 Å². The van der Waals surface area contributed by atoms with Gasteiger partial charge in [-0.15, -0.1) is 0 Å². The third kappa shape index (κ3) is 2.56. The number of carbonyl (C=O) groups excluding carboxylic acids is 1. The molecule has 4 heteroatoms. The number of rotatable bonds is 3. The highest BCUT2D eigenvalue weighted by molar-refractivity contribution is 7.99. The predicted molar refractivity (Wildman–Crippen MR) is 100 cm³/mol. The molecule has 4 rings (SSSR count). The minimum absolute atomic E-state index is 0.201. The number of thioether (sulfide) groups is 1. The predicted octanol–water partition coefficient (Wildman–Crippen LogP) is 4.91. The number of para-hydroxylation sites is 2. The van der Waals surface area contributed by atoms with Gasteiger partial charge in [-0.05, 0) is 31.2 Å². The maximum atomic E-state index is 12.6. The normalized spacial score (nSPS) is 20.1. The molecule has 1 atom stereocenters. The number of carbonyl (C=O) groups is 1. The van der Waals surface area contributed by atoms with E-state index in [4.69, 9.17) is 9.47 Å². The van der Waals surface area contributed by atoms with Gasteiger partial charge in [0.15, 0.2) is 5.60 Å². The number of esters is 1. The van der Waals surface area contributed by atoms with Gasteiger partial charge in [0.05, 0.1) is 0 Å². The van der Waals surface area contributed by atoms with Crippen molar-refractivity contribution < 1.29 is 14.3 Å². The van der Waals surface area contributed by atoms with Gasteiger partial charge in [0, 0.05) is 28.4 Å². The smallest absolute Gasteiger partial charge is 0.334 e. The number of benzene rings is 2. The van der Waals surface area contributed by atoms with Crippen LogP contribution in [0.15, 0.2) is 60.7 Å². The first kappa shape index (κ1) is 16.3. The molecule has 25 heavy (non-hydrogen) atoms. The summed E-state index contributed by atoms with van der Waals surface area (Å²) in [7, 11) is 0. The van der Waals surface area contributed by atoms with Gasteiger partial charge < -0.3 is 9.47 Å². The minimum Gasteiger partial charge on any atom is -0.456 e. The van der Waals surface area contributed by atoms with Crippen molar-refractivity contribution in [2.24, 2.45) is 5.92 Å². The third-order valence-corrected chi connectivity index (χ3v) is 6.06. The van der Waals surface area contributed by atoms with Gasteiger partial charge in [0.1, 0.15) is 11.5 Å². The first-order valence-corrected chi connectivity index (χ1v) is 9.62. The molecule has 0 radical (unpaired) electrons. The monoisotopic (exact) mass is 352 g/mol. The van der Waals surface area contributed by atoms with Crippen LogP contribution in [0.3, 0.4) is 0 Å². The van der Waals surface area contributed by atoms with Crippen molar-refractivity contribution in [3.05, 3.63) is 71.8 Å². The largest absolute Gasteiger partial charge is 0.456 e. The topological polar surface area (TPSA) is 35.5 Å². The van der Waals surface area contributed by atoms with Gasteiger partial charge in [0.25, 0.3) is 0 Å². The number of hydrogen-bond donors (Lipinski definition) is 0. The molecule has 2 heterocycles. The van der Waals surface area contributed by atoms with Crippen LogP contribution in [-0.4, -0.2) is 17.5 Å². The second-order valence-corrected chi connectivity index (χ2v) is 7.71. The van der Waals surface area contributed by atoms with E-state index in [1.807, 2.05) is 60.3 Å². The van der Waals surface area contributed by atoms with Crippen LogP contribution >= 0.6 is 11.8 Å². The molecule has 2 aromatic carbocycles. The average Bonchev–Trinajstić information content (AvgIpc) is 3.16. The highest BCUT2D eigenvalue weighted by Crippen LogP contribution is 2.55. The van der Waals surface area contributed by atoms with E-state index < -0.39 is 5.60 Å². The molecule has 1 unspecified atom stereocenters. The Labute approximate surface area is 152 Å². The Balaban J connectivity index is 1.98. The highest BCUT2D eigenvalue weighted by Gasteiger charge is 2.52. The molecule has 2 aliphatic heterocycles. The molecule has 0 aromatic heterocycles. The fourth-order valence-corrected chi connectivity index (χ4v) is 5.01. The van der Waals surface area contributed by atoms with Crippen LogP contribution in [0.5, 0.6) is 11.5 Å². The molecule has 0 N–H and O–H groups in total. The first-order chi connectivity index (χ1) is 12.1. The Morgan fingerprint density at radius 2 is 1.76 bits per heavy atom. The van der Waals surface area contributed by atoms with Crippen LogP contribution in [0.2, 0.25) is 0 Å². The van der Waals surface area contributed by atoms with Crippen LogP contribution in [0.1, 0.15) is 24.5 Å².